The van der Waals surface area contributed by atoms with E-state index in [1.807, 2.05) is 13.0 Å². The average molecular weight is 330 g/mol. The van der Waals surface area contributed by atoms with Crippen molar-refractivity contribution in [3.8, 4) is 0 Å². The molecule has 0 unspecified atom stereocenters. The third-order valence-electron chi connectivity index (χ3n) is 4.89. The molecule has 2 aliphatic rings. The maximum atomic E-state index is 5.62. The molecule has 1 saturated carbocycles. The van der Waals surface area contributed by atoms with Gasteiger partial charge in [-0.15, -0.1) is 0 Å². The molecule has 0 radical (unpaired) electrons. The van der Waals surface area contributed by atoms with Crippen LogP contribution in [0, 0.1) is 6.92 Å². The van der Waals surface area contributed by atoms with Crippen LogP contribution in [0.15, 0.2) is 23.8 Å². The molecular formula is C19H27N3S. The van der Waals surface area contributed by atoms with Crippen LogP contribution < -0.4 is 5.32 Å². The molecule has 1 aromatic rings. The summed E-state index contributed by atoms with van der Waals surface area (Å²) in [5.41, 5.74) is 3.64. The molecule has 0 amide bonds. The van der Waals surface area contributed by atoms with Crippen molar-refractivity contribution in [1.29, 1.82) is 0 Å². The van der Waals surface area contributed by atoms with Gasteiger partial charge in [0.15, 0.2) is 5.11 Å². The van der Waals surface area contributed by atoms with Gasteiger partial charge in [-0.25, -0.2) is 0 Å². The molecule has 0 spiro atoms. The summed E-state index contributed by atoms with van der Waals surface area (Å²) in [6.07, 6.45) is 11.0. The summed E-state index contributed by atoms with van der Waals surface area (Å²) in [5, 5.41) is 4.55. The zero-order valence-corrected chi connectivity index (χ0v) is 14.9. The Bertz CT molecular complexity index is 566. The first-order valence-corrected chi connectivity index (χ1v) is 9.30. The average Bonchev–Trinajstić information content (AvgIpc) is 2.56. The van der Waals surface area contributed by atoms with Gasteiger partial charge in [0.2, 0.25) is 0 Å². The molecule has 2 fully saturated rings. The number of aromatic nitrogens is 1. The number of aryl methyl sites for hydroxylation is 1. The monoisotopic (exact) mass is 329 g/mol. The first-order chi connectivity index (χ1) is 11.2. The highest BCUT2D eigenvalue weighted by Crippen LogP contribution is 2.21. The second-order valence-corrected chi connectivity index (χ2v) is 7.16. The van der Waals surface area contributed by atoms with Gasteiger partial charge in [0.1, 0.15) is 0 Å². The third-order valence-corrected chi connectivity index (χ3v) is 5.26. The van der Waals surface area contributed by atoms with E-state index in [1.165, 1.54) is 37.7 Å². The minimum atomic E-state index is 0.602. The van der Waals surface area contributed by atoms with Crippen molar-refractivity contribution in [3.05, 3.63) is 35.2 Å². The molecule has 3 nitrogen and oxygen atoms in total. The number of hydrogen-bond acceptors (Lipinski definition) is 2. The van der Waals surface area contributed by atoms with Crippen LogP contribution in [-0.4, -0.2) is 34.1 Å². The Balaban J connectivity index is 1.50. The van der Waals surface area contributed by atoms with Gasteiger partial charge in [0.25, 0.3) is 0 Å². The minimum absolute atomic E-state index is 0.602. The van der Waals surface area contributed by atoms with Gasteiger partial charge >= 0.3 is 0 Å². The molecule has 1 aromatic heterocycles. The zero-order valence-electron chi connectivity index (χ0n) is 14.1. The van der Waals surface area contributed by atoms with Crippen LogP contribution in [0.1, 0.15) is 56.3 Å². The quantitative estimate of drug-likeness (QED) is 0.828. The van der Waals surface area contributed by atoms with Crippen molar-refractivity contribution in [2.75, 3.05) is 13.1 Å². The Kier molecular flexibility index (Phi) is 5.65. The van der Waals surface area contributed by atoms with E-state index >= 15 is 0 Å². The molecule has 0 atom stereocenters. The lowest BCUT2D eigenvalue weighted by molar-refractivity contribution is 0.356. The van der Waals surface area contributed by atoms with Crippen molar-refractivity contribution in [2.45, 2.75) is 57.9 Å². The second kappa shape index (κ2) is 7.91. The molecule has 1 aliphatic carbocycles. The summed E-state index contributed by atoms with van der Waals surface area (Å²) < 4.78 is 0. The highest BCUT2D eigenvalue weighted by atomic mass is 32.1. The van der Waals surface area contributed by atoms with Crippen LogP contribution >= 0.6 is 12.2 Å². The Morgan fingerprint density at radius 1 is 1.22 bits per heavy atom. The van der Waals surface area contributed by atoms with Crippen molar-refractivity contribution in [2.24, 2.45) is 0 Å². The number of piperidine rings is 1. The van der Waals surface area contributed by atoms with Crippen LogP contribution in [0.4, 0.5) is 0 Å². The van der Waals surface area contributed by atoms with Gasteiger partial charge in [0.05, 0.1) is 5.69 Å². The van der Waals surface area contributed by atoms with Crippen molar-refractivity contribution in [3.63, 3.8) is 0 Å². The molecule has 2 heterocycles. The summed E-state index contributed by atoms with van der Waals surface area (Å²) in [5.74, 6) is 0. The molecule has 3 rings (SSSR count). The number of hydrogen-bond donors (Lipinski definition) is 1. The van der Waals surface area contributed by atoms with Crippen LogP contribution in [0.5, 0.6) is 0 Å². The third kappa shape index (κ3) is 4.77. The second-order valence-electron chi connectivity index (χ2n) is 6.78. The van der Waals surface area contributed by atoms with Crippen molar-refractivity contribution < 1.29 is 0 Å². The Labute approximate surface area is 145 Å². The fourth-order valence-corrected chi connectivity index (χ4v) is 3.86. The minimum Gasteiger partial charge on any atom is -0.360 e. The maximum absolute atomic E-state index is 5.62. The largest absolute Gasteiger partial charge is 0.360 e. The number of nitrogens with zero attached hydrogens (tertiary/aromatic N) is 2. The lowest BCUT2D eigenvalue weighted by Crippen LogP contribution is -2.47. The van der Waals surface area contributed by atoms with Crippen LogP contribution in [0.25, 0.3) is 6.08 Å². The standard InChI is InChI=1S/C19H27N3S/c1-15-6-5-9-18(20-15)14-16-10-12-22(13-11-16)19(23)21-17-7-3-2-4-8-17/h5-6,9,14,17H,2-4,7-8,10-13H2,1H3,(H,21,23). The smallest absolute Gasteiger partial charge is 0.169 e. The van der Waals surface area contributed by atoms with E-state index in [2.05, 4.69) is 33.4 Å². The van der Waals surface area contributed by atoms with E-state index < -0.39 is 0 Å². The summed E-state index contributed by atoms with van der Waals surface area (Å²) in [4.78, 5) is 6.91. The lowest BCUT2D eigenvalue weighted by Gasteiger charge is -2.34. The molecule has 1 N–H and O–H groups in total. The normalized spacial score (nSPS) is 19.5. The fraction of sp³-hybridized carbons (Fsp3) is 0.579. The van der Waals surface area contributed by atoms with Crippen LogP contribution in [0.3, 0.4) is 0 Å². The molecule has 1 aliphatic heterocycles. The van der Waals surface area contributed by atoms with Gasteiger partial charge < -0.3 is 10.2 Å². The lowest BCUT2D eigenvalue weighted by atomic mass is 9.96. The van der Waals surface area contributed by atoms with Crippen LogP contribution in [-0.2, 0) is 0 Å². The van der Waals surface area contributed by atoms with E-state index in [0.29, 0.717) is 6.04 Å². The molecule has 124 valence electrons. The molecular weight excluding hydrogens is 302 g/mol. The molecule has 0 aromatic carbocycles. The Hall–Kier alpha value is -1.42. The highest BCUT2D eigenvalue weighted by Gasteiger charge is 2.20. The van der Waals surface area contributed by atoms with Gasteiger partial charge in [-0.3, -0.25) is 4.98 Å². The maximum Gasteiger partial charge on any atom is 0.169 e. The molecule has 0 bridgehead atoms. The predicted molar refractivity (Wildman–Crippen MR) is 100 cm³/mol. The van der Waals surface area contributed by atoms with E-state index in [4.69, 9.17) is 12.2 Å². The summed E-state index contributed by atoms with van der Waals surface area (Å²) in [6.45, 7) is 4.09. The number of nitrogens with one attached hydrogen (secondary N) is 1. The molecule has 4 heteroatoms. The number of thiocarbonyl (C=S) groups is 1. The summed E-state index contributed by atoms with van der Waals surface area (Å²) in [7, 11) is 0. The zero-order chi connectivity index (χ0) is 16.1. The number of likely N-dealkylation sites (tertiary alicyclic amines) is 1. The first-order valence-electron chi connectivity index (χ1n) is 8.89. The summed E-state index contributed by atoms with van der Waals surface area (Å²) in [6, 6.07) is 6.80. The van der Waals surface area contributed by atoms with E-state index in [1.54, 1.807) is 0 Å². The number of pyridine rings is 1. The van der Waals surface area contributed by atoms with Crippen molar-refractivity contribution in [1.82, 2.24) is 15.2 Å². The predicted octanol–water partition coefficient (Wildman–Crippen LogP) is 4.08. The Morgan fingerprint density at radius 3 is 2.65 bits per heavy atom. The van der Waals surface area contributed by atoms with Crippen molar-refractivity contribution >= 4 is 23.4 Å². The topological polar surface area (TPSA) is 28.2 Å². The molecule has 23 heavy (non-hydrogen) atoms. The van der Waals surface area contributed by atoms with Crippen LogP contribution in [0.2, 0.25) is 0 Å². The Morgan fingerprint density at radius 2 is 1.96 bits per heavy atom. The van der Waals surface area contributed by atoms with Gasteiger partial charge in [-0.2, -0.15) is 0 Å². The molecule has 1 saturated heterocycles. The number of rotatable bonds is 2. The van der Waals surface area contributed by atoms with Gasteiger partial charge in [-0.05, 0) is 63.0 Å². The summed E-state index contributed by atoms with van der Waals surface area (Å²) >= 11 is 5.62. The van der Waals surface area contributed by atoms with Gasteiger partial charge in [-0.1, -0.05) is 30.9 Å². The van der Waals surface area contributed by atoms with E-state index in [9.17, 15) is 0 Å². The van der Waals surface area contributed by atoms with E-state index in [-0.39, 0.29) is 0 Å². The first kappa shape index (κ1) is 16.4. The van der Waals surface area contributed by atoms with E-state index in [0.717, 1.165) is 42.4 Å². The van der Waals surface area contributed by atoms with Gasteiger partial charge in [0, 0.05) is 24.8 Å². The fourth-order valence-electron chi connectivity index (χ4n) is 3.51. The highest BCUT2D eigenvalue weighted by molar-refractivity contribution is 7.80. The SMILES string of the molecule is Cc1cccc(C=C2CCN(C(=S)NC3CCCCC3)CC2)n1.